The van der Waals surface area contributed by atoms with E-state index >= 15 is 0 Å². The van der Waals surface area contributed by atoms with Gasteiger partial charge in [-0.2, -0.15) is 0 Å². The van der Waals surface area contributed by atoms with Crippen molar-refractivity contribution < 1.29 is 14.3 Å². The average molecular weight is 323 g/mol. The third-order valence-corrected chi connectivity index (χ3v) is 3.51. The van der Waals surface area contributed by atoms with Crippen molar-refractivity contribution in [3.63, 3.8) is 0 Å². The molecule has 1 aromatic heterocycles. The quantitative estimate of drug-likeness (QED) is 0.905. The van der Waals surface area contributed by atoms with Crippen LogP contribution in [-0.4, -0.2) is 56.6 Å². The predicted octanol–water partition coefficient (Wildman–Crippen LogP) is 1.43. The molecule has 8 heteroatoms. The van der Waals surface area contributed by atoms with Crippen molar-refractivity contribution in [2.45, 2.75) is 58.7 Å². The van der Waals surface area contributed by atoms with Gasteiger partial charge in [-0.05, 0) is 40.5 Å². The van der Waals surface area contributed by atoms with E-state index in [1.54, 1.807) is 15.8 Å². The molecule has 1 saturated heterocycles. The third kappa shape index (κ3) is 4.67. The number of ether oxygens (including phenoxy) is 1. The smallest absolute Gasteiger partial charge is 0.410 e. The Morgan fingerprint density at radius 1 is 1.43 bits per heavy atom. The maximum Gasteiger partial charge on any atom is 0.410 e. The molecular formula is C15H25N5O3. The summed E-state index contributed by atoms with van der Waals surface area (Å²) in [5, 5.41) is 10.5. The van der Waals surface area contributed by atoms with Crippen LogP contribution in [0.1, 0.15) is 51.0 Å². The molecule has 2 rings (SSSR count). The maximum atomic E-state index is 12.3. The van der Waals surface area contributed by atoms with E-state index < -0.39 is 5.60 Å². The standard InChI is InChI=1S/C15H25N5O3/c1-5-16-13(21)12-10-19(18-17-12)9-11-7-6-8-20(11)14(22)23-15(2,3)4/h10-11H,5-9H2,1-4H3,(H,16,21). The van der Waals surface area contributed by atoms with E-state index in [0.717, 1.165) is 12.8 Å². The Balaban J connectivity index is 1.99. The third-order valence-electron chi connectivity index (χ3n) is 3.51. The second-order valence-corrected chi connectivity index (χ2v) is 6.66. The lowest BCUT2D eigenvalue weighted by Crippen LogP contribution is -2.41. The van der Waals surface area contributed by atoms with E-state index in [-0.39, 0.29) is 23.7 Å². The minimum Gasteiger partial charge on any atom is -0.444 e. The fraction of sp³-hybridized carbons (Fsp3) is 0.733. The first-order chi connectivity index (χ1) is 10.8. The molecule has 0 aliphatic carbocycles. The van der Waals surface area contributed by atoms with Gasteiger partial charge in [-0.1, -0.05) is 5.21 Å². The first kappa shape index (κ1) is 17.2. The second-order valence-electron chi connectivity index (χ2n) is 6.66. The van der Waals surface area contributed by atoms with Gasteiger partial charge < -0.3 is 15.0 Å². The molecule has 1 aliphatic heterocycles. The van der Waals surface area contributed by atoms with Crippen molar-refractivity contribution in [1.29, 1.82) is 0 Å². The molecule has 2 amide bonds. The van der Waals surface area contributed by atoms with Crippen molar-refractivity contribution in [3.8, 4) is 0 Å². The van der Waals surface area contributed by atoms with Crippen molar-refractivity contribution in [2.75, 3.05) is 13.1 Å². The van der Waals surface area contributed by atoms with Gasteiger partial charge in [-0.3, -0.25) is 4.79 Å². The Hall–Kier alpha value is -2.12. The molecule has 8 nitrogen and oxygen atoms in total. The molecule has 1 fully saturated rings. The minimum absolute atomic E-state index is 0.00800. The van der Waals surface area contributed by atoms with Crippen LogP contribution < -0.4 is 5.32 Å². The molecule has 0 spiro atoms. The number of nitrogens with zero attached hydrogens (tertiary/aromatic N) is 4. The van der Waals surface area contributed by atoms with Gasteiger partial charge in [0.2, 0.25) is 0 Å². The maximum absolute atomic E-state index is 12.3. The fourth-order valence-electron chi connectivity index (χ4n) is 2.55. The van der Waals surface area contributed by atoms with Crippen molar-refractivity contribution >= 4 is 12.0 Å². The summed E-state index contributed by atoms with van der Waals surface area (Å²) in [7, 11) is 0. The number of aromatic nitrogens is 3. The van der Waals surface area contributed by atoms with Gasteiger partial charge >= 0.3 is 6.09 Å². The topological polar surface area (TPSA) is 89.4 Å². The number of likely N-dealkylation sites (tertiary alicyclic amines) is 1. The summed E-state index contributed by atoms with van der Waals surface area (Å²) < 4.78 is 7.05. The van der Waals surface area contributed by atoms with E-state index in [2.05, 4.69) is 15.6 Å². The number of hydrogen-bond acceptors (Lipinski definition) is 5. The van der Waals surface area contributed by atoms with Crippen LogP contribution in [0, 0.1) is 0 Å². The molecule has 0 bridgehead atoms. The molecule has 1 aromatic rings. The van der Waals surface area contributed by atoms with Crippen molar-refractivity contribution in [3.05, 3.63) is 11.9 Å². The van der Waals surface area contributed by atoms with Crippen LogP contribution in [-0.2, 0) is 11.3 Å². The predicted molar refractivity (Wildman–Crippen MR) is 84.0 cm³/mol. The summed E-state index contributed by atoms with van der Waals surface area (Å²) in [6.07, 6.45) is 3.12. The molecule has 1 unspecified atom stereocenters. The van der Waals surface area contributed by atoms with Crippen LogP contribution in [0.5, 0.6) is 0 Å². The summed E-state index contributed by atoms with van der Waals surface area (Å²) in [6, 6.07) is 0.00800. The van der Waals surface area contributed by atoms with Crippen LogP contribution in [0.15, 0.2) is 6.20 Å². The van der Waals surface area contributed by atoms with E-state index in [9.17, 15) is 9.59 Å². The van der Waals surface area contributed by atoms with E-state index in [0.29, 0.717) is 19.6 Å². The highest BCUT2D eigenvalue weighted by Gasteiger charge is 2.32. The number of carbonyl (C=O) groups excluding carboxylic acids is 2. The van der Waals surface area contributed by atoms with Crippen LogP contribution in [0.4, 0.5) is 4.79 Å². The van der Waals surface area contributed by atoms with Crippen LogP contribution in [0.25, 0.3) is 0 Å². The number of hydrogen-bond donors (Lipinski definition) is 1. The number of nitrogens with one attached hydrogen (secondary N) is 1. The summed E-state index contributed by atoms with van der Waals surface area (Å²) in [5.74, 6) is -0.242. The Morgan fingerprint density at radius 2 is 2.17 bits per heavy atom. The molecule has 0 aromatic carbocycles. The lowest BCUT2D eigenvalue weighted by molar-refractivity contribution is 0.0211. The monoisotopic (exact) mass is 323 g/mol. The Labute approximate surface area is 136 Å². The lowest BCUT2D eigenvalue weighted by atomic mass is 10.2. The van der Waals surface area contributed by atoms with Crippen LogP contribution in [0.3, 0.4) is 0 Å². The molecule has 2 heterocycles. The van der Waals surface area contributed by atoms with Crippen LogP contribution >= 0.6 is 0 Å². The Bertz CT molecular complexity index is 564. The van der Waals surface area contributed by atoms with Crippen LogP contribution in [0.2, 0.25) is 0 Å². The van der Waals surface area contributed by atoms with Gasteiger partial charge in [-0.25, -0.2) is 9.48 Å². The molecule has 1 aliphatic rings. The molecule has 0 radical (unpaired) electrons. The summed E-state index contributed by atoms with van der Waals surface area (Å²) >= 11 is 0. The highest BCUT2D eigenvalue weighted by Crippen LogP contribution is 2.21. The van der Waals surface area contributed by atoms with Gasteiger partial charge in [-0.15, -0.1) is 5.10 Å². The van der Waals surface area contributed by atoms with Crippen molar-refractivity contribution in [2.24, 2.45) is 0 Å². The molecule has 0 saturated carbocycles. The molecule has 128 valence electrons. The average Bonchev–Trinajstić information content (AvgIpc) is 3.06. The Morgan fingerprint density at radius 3 is 2.83 bits per heavy atom. The lowest BCUT2D eigenvalue weighted by Gasteiger charge is -2.28. The minimum atomic E-state index is -0.511. The van der Waals surface area contributed by atoms with Crippen molar-refractivity contribution in [1.82, 2.24) is 25.2 Å². The second kappa shape index (κ2) is 6.97. The molecular weight excluding hydrogens is 298 g/mol. The van der Waals surface area contributed by atoms with E-state index in [1.807, 2.05) is 27.7 Å². The van der Waals surface area contributed by atoms with Gasteiger partial charge in [0.1, 0.15) is 5.60 Å². The SMILES string of the molecule is CCNC(=O)c1cn(CC2CCCN2C(=O)OC(C)(C)C)nn1. The number of carbonyl (C=O) groups is 2. The van der Waals surface area contributed by atoms with Gasteiger partial charge in [0.25, 0.3) is 5.91 Å². The largest absolute Gasteiger partial charge is 0.444 e. The molecule has 1 N–H and O–H groups in total. The summed E-state index contributed by atoms with van der Waals surface area (Å²) in [6.45, 7) is 9.13. The summed E-state index contributed by atoms with van der Waals surface area (Å²) in [5.41, 5.74) is -0.225. The highest BCUT2D eigenvalue weighted by molar-refractivity contribution is 5.91. The first-order valence-corrected chi connectivity index (χ1v) is 7.98. The fourth-order valence-corrected chi connectivity index (χ4v) is 2.55. The Kier molecular flexibility index (Phi) is 5.23. The normalized spacial score (nSPS) is 18.1. The molecule has 1 atom stereocenters. The van der Waals surface area contributed by atoms with E-state index in [1.165, 1.54) is 0 Å². The zero-order chi connectivity index (χ0) is 17.0. The highest BCUT2D eigenvalue weighted by atomic mass is 16.6. The molecule has 23 heavy (non-hydrogen) atoms. The zero-order valence-electron chi connectivity index (χ0n) is 14.2. The zero-order valence-corrected chi connectivity index (χ0v) is 14.2. The van der Waals surface area contributed by atoms with Gasteiger partial charge in [0.05, 0.1) is 18.8 Å². The first-order valence-electron chi connectivity index (χ1n) is 7.98. The van der Waals surface area contributed by atoms with Gasteiger partial charge in [0.15, 0.2) is 5.69 Å². The summed E-state index contributed by atoms with van der Waals surface area (Å²) in [4.78, 5) is 25.7. The number of amides is 2. The van der Waals surface area contributed by atoms with E-state index in [4.69, 9.17) is 4.74 Å². The van der Waals surface area contributed by atoms with Gasteiger partial charge in [0, 0.05) is 13.1 Å². The number of rotatable bonds is 4.